The topological polar surface area (TPSA) is 119 Å². The molecule has 8 nitrogen and oxygen atoms in total. The summed E-state index contributed by atoms with van der Waals surface area (Å²) >= 11 is 14.8. The molecule has 0 aromatic heterocycles. The van der Waals surface area contributed by atoms with E-state index in [2.05, 4.69) is 0 Å². The first-order valence-corrected chi connectivity index (χ1v) is 24.6. The summed E-state index contributed by atoms with van der Waals surface area (Å²) in [5.74, 6) is 9.20. The molecule has 0 aromatic rings. The lowest BCUT2D eigenvalue weighted by atomic mass is 10.8. The predicted molar refractivity (Wildman–Crippen MR) is 196 cm³/mol. The van der Waals surface area contributed by atoms with Crippen molar-refractivity contribution in [3.63, 3.8) is 0 Å². The van der Waals surface area contributed by atoms with Gasteiger partial charge in [-0.15, -0.1) is 35.3 Å². The van der Waals surface area contributed by atoms with E-state index in [9.17, 15) is 13.8 Å². The van der Waals surface area contributed by atoms with Crippen LogP contribution in [0, 0.1) is 0 Å². The van der Waals surface area contributed by atoms with E-state index in [0.717, 1.165) is 55.5 Å². The fourth-order valence-electron chi connectivity index (χ4n) is 2.22. The fraction of sp³-hybridized carbons (Fsp3) is 0.913. The van der Waals surface area contributed by atoms with Gasteiger partial charge in [-0.05, 0) is 0 Å². The Kier molecular flexibility index (Phi) is 38.8. The zero-order valence-electron chi connectivity index (χ0n) is 23.3. The maximum absolute atomic E-state index is 12.1. The van der Waals surface area contributed by atoms with Gasteiger partial charge in [0, 0.05) is 89.3 Å². The molecule has 0 heterocycles. The highest BCUT2D eigenvalue weighted by atomic mass is 32.2. The Labute approximate surface area is 286 Å². The molecule has 0 amide bonds. The van der Waals surface area contributed by atoms with Crippen molar-refractivity contribution in [3.05, 3.63) is 0 Å². The van der Waals surface area contributed by atoms with Crippen LogP contribution in [0.3, 0.4) is 0 Å². The van der Waals surface area contributed by atoms with E-state index in [0.29, 0.717) is 54.3 Å². The summed E-state index contributed by atoms with van der Waals surface area (Å²) in [4.78, 5) is 33.7. The molecule has 1 unspecified atom stereocenters. The molecule has 0 aliphatic heterocycles. The van der Waals surface area contributed by atoms with Crippen molar-refractivity contribution < 1.29 is 38.5 Å². The molecule has 0 aliphatic rings. The minimum Gasteiger partial charge on any atom is -0.464 e. The maximum atomic E-state index is 12.1. The molecule has 0 aliphatic carbocycles. The standard InChI is InChI=1S/C23H44O8S10/c24-1-6-32-8-3-29-22(26)17-38-21-37-14-16-41(28)15-13-36-19-35-11-12-40-23(27)18-39-20-34-10-5-31-30-4-9-33-7-2-25/h24-25H,1-21H2. The number of thioether (sulfide) groups is 9. The van der Waals surface area contributed by atoms with Crippen LogP contribution >= 0.6 is 106 Å². The van der Waals surface area contributed by atoms with Gasteiger partial charge in [-0.1, -0.05) is 11.8 Å². The monoisotopic (exact) mass is 768 g/mol. The first-order chi connectivity index (χ1) is 20.1. The van der Waals surface area contributed by atoms with Crippen molar-refractivity contribution in [2.45, 2.75) is 0 Å². The predicted octanol–water partition coefficient (Wildman–Crippen LogP) is 4.21. The zero-order chi connectivity index (χ0) is 30.1. The van der Waals surface area contributed by atoms with Crippen LogP contribution in [0.1, 0.15) is 0 Å². The van der Waals surface area contributed by atoms with E-state index >= 15 is 0 Å². The van der Waals surface area contributed by atoms with Gasteiger partial charge in [-0.2, -0.15) is 58.8 Å². The Balaban J connectivity index is 3.31. The largest absolute Gasteiger partial charge is 0.464 e. The highest BCUT2D eigenvalue weighted by Crippen LogP contribution is 2.18. The Bertz CT molecular complexity index is 625. The van der Waals surface area contributed by atoms with Crippen molar-refractivity contribution in [1.29, 1.82) is 0 Å². The Hall–Kier alpha value is 2.28. The second-order valence-electron chi connectivity index (χ2n) is 7.29. The molecule has 18 heteroatoms. The molecule has 0 spiro atoms. The molecule has 0 rings (SSSR count). The summed E-state index contributed by atoms with van der Waals surface area (Å²) in [7, 11) is -0.812. The highest BCUT2D eigenvalue weighted by molar-refractivity contribution is 8.20. The number of aliphatic hydroxyl groups is 2. The number of rotatable bonds is 33. The van der Waals surface area contributed by atoms with Crippen molar-refractivity contribution in [3.8, 4) is 0 Å². The van der Waals surface area contributed by atoms with Gasteiger partial charge < -0.3 is 14.9 Å². The SMILES string of the molecule is O=C(CSCSCCS(=O)CCSCSCCSC(=O)CSCSCCOOCCSCCO)OCCSCCO. The highest BCUT2D eigenvalue weighted by Gasteiger charge is 2.06. The Morgan fingerprint density at radius 3 is 1.71 bits per heavy atom. The van der Waals surface area contributed by atoms with Gasteiger partial charge in [0.1, 0.15) is 6.61 Å². The average Bonchev–Trinajstić information content (AvgIpc) is 2.96. The van der Waals surface area contributed by atoms with Crippen LogP contribution in [0.25, 0.3) is 0 Å². The molecular weight excluding hydrogens is 725 g/mol. The summed E-state index contributed by atoms with van der Waals surface area (Å²) in [6.07, 6.45) is 0. The zero-order valence-corrected chi connectivity index (χ0v) is 31.4. The van der Waals surface area contributed by atoms with E-state index in [1.54, 1.807) is 70.6 Å². The number of ether oxygens (including phenoxy) is 1. The Morgan fingerprint density at radius 1 is 0.561 bits per heavy atom. The molecule has 244 valence electrons. The van der Waals surface area contributed by atoms with E-state index in [1.807, 2.05) is 11.8 Å². The molecule has 2 N–H and O–H groups in total. The second kappa shape index (κ2) is 36.7. The smallest absolute Gasteiger partial charge is 0.315 e. The molecule has 0 radical (unpaired) electrons. The van der Waals surface area contributed by atoms with Crippen LogP contribution < -0.4 is 0 Å². The van der Waals surface area contributed by atoms with Gasteiger partial charge in [-0.25, -0.2) is 9.78 Å². The number of carbonyl (C=O) groups is 2. The van der Waals surface area contributed by atoms with Crippen molar-refractivity contribution >= 4 is 128 Å². The van der Waals surface area contributed by atoms with Crippen LogP contribution in [-0.4, -0.2) is 149 Å². The van der Waals surface area contributed by atoms with Gasteiger partial charge in [0.25, 0.3) is 0 Å². The van der Waals surface area contributed by atoms with Crippen LogP contribution in [0.4, 0.5) is 0 Å². The van der Waals surface area contributed by atoms with Gasteiger partial charge in [0.15, 0.2) is 5.12 Å². The fourth-order valence-corrected chi connectivity index (χ4v) is 12.1. The molecule has 0 bridgehead atoms. The molecule has 0 saturated heterocycles. The lowest BCUT2D eigenvalue weighted by Gasteiger charge is -2.05. The van der Waals surface area contributed by atoms with Crippen LogP contribution in [0.5, 0.6) is 0 Å². The molecule has 0 fully saturated rings. The summed E-state index contributed by atoms with van der Waals surface area (Å²) in [6.45, 7) is 1.75. The van der Waals surface area contributed by atoms with Crippen molar-refractivity contribution in [1.82, 2.24) is 0 Å². The molecular formula is C23H44O8S10. The van der Waals surface area contributed by atoms with E-state index in [1.165, 1.54) is 23.5 Å². The van der Waals surface area contributed by atoms with Crippen molar-refractivity contribution in [2.75, 3.05) is 123 Å². The summed E-state index contributed by atoms with van der Waals surface area (Å²) in [5, 5.41) is 20.2. The number of carbonyl (C=O) groups excluding carboxylic acids is 2. The minimum atomic E-state index is -0.812. The number of hydrogen-bond donors (Lipinski definition) is 2. The molecule has 0 saturated carbocycles. The summed E-state index contributed by atoms with van der Waals surface area (Å²) in [5.41, 5.74) is 0. The first kappa shape index (κ1) is 43.3. The normalized spacial score (nSPS) is 12.0. The third-order valence-corrected chi connectivity index (χ3v) is 15.9. The average molecular weight is 769 g/mol. The molecule has 1 atom stereocenters. The molecule has 0 aromatic carbocycles. The number of aliphatic hydroxyl groups excluding tert-OH is 2. The van der Waals surface area contributed by atoms with Gasteiger partial charge in [0.2, 0.25) is 0 Å². The summed E-state index contributed by atoms with van der Waals surface area (Å²) in [6, 6.07) is 0. The maximum Gasteiger partial charge on any atom is 0.315 e. The lowest BCUT2D eigenvalue weighted by molar-refractivity contribution is -0.285. The van der Waals surface area contributed by atoms with Crippen LogP contribution in [-0.2, 0) is 34.9 Å². The second-order valence-corrected chi connectivity index (χ2v) is 20.1. The minimum absolute atomic E-state index is 0.142. The number of hydrogen-bond acceptors (Lipinski definition) is 17. The van der Waals surface area contributed by atoms with Crippen molar-refractivity contribution in [2.24, 2.45) is 0 Å². The van der Waals surface area contributed by atoms with Crippen LogP contribution in [0.2, 0.25) is 0 Å². The number of esters is 1. The lowest BCUT2D eigenvalue weighted by Crippen LogP contribution is -2.10. The van der Waals surface area contributed by atoms with Gasteiger partial charge in [-0.3, -0.25) is 13.8 Å². The third kappa shape index (κ3) is 36.6. The van der Waals surface area contributed by atoms with E-state index in [-0.39, 0.29) is 24.3 Å². The quantitative estimate of drug-likeness (QED) is 0.0326. The van der Waals surface area contributed by atoms with E-state index < -0.39 is 10.8 Å². The van der Waals surface area contributed by atoms with Gasteiger partial charge in [0.05, 0.1) is 37.9 Å². The van der Waals surface area contributed by atoms with E-state index in [4.69, 9.17) is 24.7 Å². The Morgan fingerprint density at radius 2 is 1.07 bits per heavy atom. The summed E-state index contributed by atoms with van der Waals surface area (Å²) < 4.78 is 17.2. The third-order valence-electron chi connectivity index (χ3n) is 4.01. The van der Waals surface area contributed by atoms with Gasteiger partial charge >= 0.3 is 5.97 Å². The first-order valence-electron chi connectivity index (χ1n) is 12.8. The van der Waals surface area contributed by atoms with Crippen LogP contribution in [0.15, 0.2) is 0 Å². The molecule has 41 heavy (non-hydrogen) atoms.